The molecule has 0 bridgehead atoms. The summed E-state index contributed by atoms with van der Waals surface area (Å²) in [5, 5.41) is 0.505. The van der Waals surface area contributed by atoms with Gasteiger partial charge in [-0.2, -0.15) is 4.39 Å². The van der Waals surface area contributed by atoms with Crippen molar-refractivity contribution in [3.05, 3.63) is 60.6 Å². The van der Waals surface area contributed by atoms with Crippen LogP contribution < -0.4 is 11.5 Å². The van der Waals surface area contributed by atoms with Crippen LogP contribution in [0.5, 0.6) is 0 Å². The van der Waals surface area contributed by atoms with Crippen molar-refractivity contribution in [2.75, 3.05) is 11.5 Å². The number of fused-ring (bicyclic) bond motifs is 1. The Hall–Kier alpha value is -3.48. The lowest BCUT2D eigenvalue weighted by Gasteiger charge is -2.07. The quantitative estimate of drug-likeness (QED) is 0.539. The van der Waals surface area contributed by atoms with Crippen molar-refractivity contribution in [1.82, 2.24) is 9.97 Å². The number of hydrogen-bond acceptors (Lipinski definition) is 5. The summed E-state index contributed by atoms with van der Waals surface area (Å²) < 4.78 is 32.6. The highest BCUT2D eigenvalue weighted by molar-refractivity contribution is 6.09. The van der Waals surface area contributed by atoms with Crippen LogP contribution in [-0.2, 0) is 0 Å². The Bertz CT molecular complexity index is 1110. The lowest BCUT2D eigenvalue weighted by atomic mass is 10.0. The van der Waals surface area contributed by atoms with Crippen molar-refractivity contribution < 1.29 is 13.2 Å². The van der Waals surface area contributed by atoms with Crippen LogP contribution in [0.25, 0.3) is 33.4 Å². The number of nitrogens with zero attached hydrogens (tertiary/aromatic N) is 2. The molecule has 0 fully saturated rings. The average molecular weight is 338 g/mol. The lowest BCUT2D eigenvalue weighted by Crippen LogP contribution is -1.93. The number of rotatable bonds is 2. The maximum absolute atomic E-state index is 13.6. The first kappa shape index (κ1) is 15.1. The van der Waals surface area contributed by atoms with Crippen molar-refractivity contribution >= 4 is 22.5 Å². The third-order valence-corrected chi connectivity index (χ3v) is 3.92. The first-order chi connectivity index (χ1) is 12.0. The van der Waals surface area contributed by atoms with Crippen LogP contribution in [0.1, 0.15) is 0 Å². The monoisotopic (exact) mass is 338 g/mol. The molecule has 0 spiro atoms. The fourth-order valence-corrected chi connectivity index (χ4v) is 2.78. The van der Waals surface area contributed by atoms with Crippen LogP contribution in [0.3, 0.4) is 0 Å². The zero-order valence-corrected chi connectivity index (χ0v) is 12.8. The second-order valence-electron chi connectivity index (χ2n) is 5.48. The zero-order chi connectivity index (χ0) is 17.6. The highest BCUT2D eigenvalue weighted by Crippen LogP contribution is 2.41. The van der Waals surface area contributed by atoms with E-state index in [2.05, 4.69) is 9.97 Å². The Balaban J connectivity index is 2.04. The van der Waals surface area contributed by atoms with E-state index in [9.17, 15) is 8.78 Å². The Labute approximate surface area is 140 Å². The van der Waals surface area contributed by atoms with E-state index in [1.807, 2.05) is 0 Å². The largest absolute Gasteiger partial charge is 0.436 e. The molecule has 4 N–H and O–H groups in total. The topological polar surface area (TPSA) is 91.0 Å². The van der Waals surface area contributed by atoms with Crippen LogP contribution in [-0.4, -0.2) is 9.97 Å². The molecule has 0 aliphatic carbocycles. The minimum absolute atomic E-state index is 0.0245. The average Bonchev–Trinajstić information content (AvgIpc) is 2.89. The highest BCUT2D eigenvalue weighted by atomic mass is 19.1. The number of benzene rings is 1. The zero-order valence-electron chi connectivity index (χ0n) is 12.8. The molecule has 0 radical (unpaired) electrons. The molecule has 0 aliphatic heterocycles. The third-order valence-electron chi connectivity index (χ3n) is 3.92. The fraction of sp³-hybridized carbons (Fsp3) is 0. The van der Waals surface area contributed by atoms with Gasteiger partial charge in [-0.15, -0.1) is 0 Å². The van der Waals surface area contributed by atoms with E-state index in [1.165, 1.54) is 30.6 Å². The molecule has 3 heterocycles. The Kier molecular flexibility index (Phi) is 3.35. The number of nitrogen functional groups attached to an aromatic ring is 2. The molecule has 0 saturated heterocycles. The molecular weight excluding hydrogens is 326 g/mol. The molecule has 124 valence electrons. The Morgan fingerprint density at radius 1 is 0.960 bits per heavy atom. The first-order valence-corrected chi connectivity index (χ1v) is 7.39. The highest BCUT2D eigenvalue weighted by Gasteiger charge is 2.20. The summed E-state index contributed by atoms with van der Waals surface area (Å²) in [5.41, 5.74) is 14.4. The lowest BCUT2D eigenvalue weighted by molar-refractivity contribution is 0.584. The molecule has 5 nitrogen and oxygen atoms in total. The van der Waals surface area contributed by atoms with Crippen molar-refractivity contribution in [3.63, 3.8) is 0 Å². The van der Waals surface area contributed by atoms with Gasteiger partial charge in [-0.1, -0.05) is 12.1 Å². The first-order valence-electron chi connectivity index (χ1n) is 7.39. The summed E-state index contributed by atoms with van der Waals surface area (Å²) in [7, 11) is 0. The van der Waals surface area contributed by atoms with Crippen LogP contribution in [0, 0.1) is 11.8 Å². The minimum Gasteiger partial charge on any atom is -0.436 e. The summed E-state index contributed by atoms with van der Waals surface area (Å²) >= 11 is 0. The molecule has 0 saturated carbocycles. The predicted octanol–water partition coefficient (Wildman–Crippen LogP) is 4.00. The van der Waals surface area contributed by atoms with E-state index in [4.69, 9.17) is 15.9 Å². The SMILES string of the molecule is Nc1oc2c(-c3ccnc(F)c3)ncc(-c3cccc(F)c3)c2c1N. The fourth-order valence-electron chi connectivity index (χ4n) is 2.78. The number of halogens is 2. The number of hydrogen-bond donors (Lipinski definition) is 2. The smallest absolute Gasteiger partial charge is 0.215 e. The van der Waals surface area contributed by atoms with E-state index in [0.29, 0.717) is 33.4 Å². The van der Waals surface area contributed by atoms with Crippen LogP contribution in [0.2, 0.25) is 0 Å². The number of anilines is 2. The van der Waals surface area contributed by atoms with Crippen molar-refractivity contribution in [3.8, 4) is 22.4 Å². The third kappa shape index (κ3) is 2.46. The summed E-state index contributed by atoms with van der Waals surface area (Å²) in [6, 6.07) is 8.86. The van der Waals surface area contributed by atoms with Gasteiger partial charge in [0.2, 0.25) is 11.8 Å². The van der Waals surface area contributed by atoms with E-state index < -0.39 is 5.95 Å². The van der Waals surface area contributed by atoms with Crippen LogP contribution in [0.15, 0.2) is 53.2 Å². The molecule has 3 aromatic heterocycles. The molecule has 25 heavy (non-hydrogen) atoms. The minimum atomic E-state index is -0.644. The Morgan fingerprint density at radius 3 is 2.56 bits per heavy atom. The number of aromatic nitrogens is 2. The van der Waals surface area contributed by atoms with Gasteiger partial charge in [0, 0.05) is 29.6 Å². The molecule has 1 aromatic carbocycles. The second-order valence-corrected chi connectivity index (χ2v) is 5.48. The van der Waals surface area contributed by atoms with Gasteiger partial charge in [0.15, 0.2) is 5.58 Å². The molecule has 4 aromatic rings. The van der Waals surface area contributed by atoms with E-state index in [0.717, 1.165) is 0 Å². The maximum Gasteiger partial charge on any atom is 0.215 e. The van der Waals surface area contributed by atoms with E-state index in [1.54, 1.807) is 18.2 Å². The molecule has 0 aliphatic rings. The molecule has 7 heteroatoms. The predicted molar refractivity (Wildman–Crippen MR) is 91.4 cm³/mol. The van der Waals surface area contributed by atoms with Crippen LogP contribution >= 0.6 is 0 Å². The Morgan fingerprint density at radius 2 is 1.80 bits per heavy atom. The standard InChI is InChI=1S/C18H12F2N4O/c19-11-3-1-2-9(6-11)12-8-24-16(10-4-5-23-13(20)7-10)17-14(12)15(21)18(22)25-17/h1-8H,21-22H2. The molecule has 0 unspecified atom stereocenters. The van der Waals surface area contributed by atoms with Gasteiger partial charge < -0.3 is 15.9 Å². The van der Waals surface area contributed by atoms with E-state index in [-0.39, 0.29) is 17.4 Å². The van der Waals surface area contributed by atoms with Gasteiger partial charge in [0.05, 0.1) is 5.39 Å². The van der Waals surface area contributed by atoms with Gasteiger partial charge >= 0.3 is 0 Å². The summed E-state index contributed by atoms with van der Waals surface area (Å²) in [6.45, 7) is 0. The molecule has 4 rings (SSSR count). The van der Waals surface area contributed by atoms with Crippen molar-refractivity contribution in [2.45, 2.75) is 0 Å². The summed E-state index contributed by atoms with van der Waals surface area (Å²) in [4.78, 5) is 7.88. The van der Waals surface area contributed by atoms with E-state index >= 15 is 0 Å². The maximum atomic E-state index is 13.6. The van der Waals surface area contributed by atoms with Gasteiger partial charge in [0.25, 0.3) is 0 Å². The van der Waals surface area contributed by atoms with Gasteiger partial charge in [0.1, 0.15) is 17.2 Å². The molecule has 0 amide bonds. The van der Waals surface area contributed by atoms with Crippen LogP contribution in [0.4, 0.5) is 20.4 Å². The summed E-state index contributed by atoms with van der Waals surface area (Å²) in [5.74, 6) is -1.01. The normalized spacial score (nSPS) is 11.1. The molecule has 0 atom stereocenters. The number of pyridine rings is 2. The van der Waals surface area contributed by atoms with Crippen molar-refractivity contribution in [1.29, 1.82) is 0 Å². The van der Waals surface area contributed by atoms with Crippen molar-refractivity contribution in [2.24, 2.45) is 0 Å². The van der Waals surface area contributed by atoms with Gasteiger partial charge in [-0.3, -0.25) is 4.98 Å². The number of furan rings is 1. The second kappa shape index (κ2) is 5.55. The molecular formula is C18H12F2N4O. The van der Waals surface area contributed by atoms with Gasteiger partial charge in [-0.25, -0.2) is 9.37 Å². The van der Waals surface area contributed by atoms with Gasteiger partial charge in [-0.05, 0) is 23.8 Å². The summed E-state index contributed by atoms with van der Waals surface area (Å²) in [6.07, 6.45) is 2.87. The number of nitrogens with two attached hydrogens (primary N) is 2.